The molecule has 0 aliphatic rings. The van der Waals surface area contributed by atoms with E-state index in [0.717, 1.165) is 6.20 Å². The number of pyridine rings is 1. The zero-order valence-corrected chi connectivity index (χ0v) is 9.40. The fourth-order valence-corrected chi connectivity index (χ4v) is 1.98. The Balaban J connectivity index is 2.87. The maximum absolute atomic E-state index is 11.6. The van der Waals surface area contributed by atoms with E-state index in [9.17, 15) is 8.42 Å². The van der Waals surface area contributed by atoms with E-state index in [4.69, 9.17) is 10.4 Å². The number of aliphatic hydroxyl groups excluding tert-OH is 1. The molecule has 0 unspecified atom stereocenters. The van der Waals surface area contributed by atoms with Crippen molar-refractivity contribution in [1.29, 1.82) is 5.26 Å². The fraction of sp³-hybridized carbons (Fsp3) is 0.333. The molecular formula is C9H11N3O3S. The summed E-state index contributed by atoms with van der Waals surface area (Å²) in [6, 6.07) is 4.39. The van der Waals surface area contributed by atoms with Crippen molar-refractivity contribution in [2.45, 2.75) is 17.9 Å². The average Bonchev–Trinajstić information content (AvgIpc) is 2.27. The zero-order valence-electron chi connectivity index (χ0n) is 8.58. The summed E-state index contributed by atoms with van der Waals surface area (Å²) in [6.45, 7) is 1.40. The van der Waals surface area contributed by atoms with Gasteiger partial charge in [-0.3, -0.25) is 0 Å². The van der Waals surface area contributed by atoms with Gasteiger partial charge in [0.1, 0.15) is 16.7 Å². The molecule has 1 rings (SSSR count). The maximum atomic E-state index is 11.6. The highest BCUT2D eigenvalue weighted by atomic mass is 32.2. The number of hydrogen-bond donors (Lipinski definition) is 2. The van der Waals surface area contributed by atoms with E-state index in [1.54, 1.807) is 6.07 Å². The van der Waals surface area contributed by atoms with E-state index in [2.05, 4.69) is 9.71 Å². The van der Waals surface area contributed by atoms with Crippen LogP contribution in [0.5, 0.6) is 0 Å². The predicted molar refractivity (Wildman–Crippen MR) is 55.8 cm³/mol. The quantitative estimate of drug-likeness (QED) is 0.747. The Morgan fingerprint density at radius 1 is 1.62 bits per heavy atom. The van der Waals surface area contributed by atoms with Gasteiger partial charge in [-0.15, -0.1) is 0 Å². The predicted octanol–water partition coefficient (Wildman–Crippen LogP) is -0.388. The first-order chi connectivity index (χ1) is 7.45. The average molecular weight is 241 g/mol. The van der Waals surface area contributed by atoms with Crippen LogP contribution in [0.15, 0.2) is 23.2 Å². The number of rotatable bonds is 4. The summed E-state index contributed by atoms with van der Waals surface area (Å²) in [5.41, 5.74) is 0.148. The molecule has 0 spiro atoms. The van der Waals surface area contributed by atoms with Crippen molar-refractivity contribution in [3.05, 3.63) is 24.0 Å². The second-order valence-corrected chi connectivity index (χ2v) is 4.96. The van der Waals surface area contributed by atoms with Gasteiger partial charge >= 0.3 is 0 Å². The van der Waals surface area contributed by atoms with E-state index < -0.39 is 16.1 Å². The lowest BCUT2D eigenvalue weighted by Gasteiger charge is -2.07. The molecule has 0 aromatic carbocycles. The van der Waals surface area contributed by atoms with Gasteiger partial charge in [-0.2, -0.15) is 5.26 Å². The van der Waals surface area contributed by atoms with Gasteiger partial charge in [0.05, 0.1) is 6.10 Å². The van der Waals surface area contributed by atoms with Gasteiger partial charge in [0.25, 0.3) is 0 Å². The second-order valence-electron chi connectivity index (χ2n) is 3.19. The molecule has 0 radical (unpaired) electrons. The summed E-state index contributed by atoms with van der Waals surface area (Å²) in [5, 5.41) is 17.5. The van der Waals surface area contributed by atoms with Crippen LogP contribution in [0, 0.1) is 11.3 Å². The van der Waals surface area contributed by atoms with Crippen molar-refractivity contribution in [3.63, 3.8) is 0 Å². The van der Waals surface area contributed by atoms with E-state index in [-0.39, 0.29) is 17.1 Å². The number of nitrogens with zero attached hydrogens (tertiary/aromatic N) is 2. The Bertz CT molecular complexity index is 488. The van der Waals surface area contributed by atoms with Crippen LogP contribution in [0.1, 0.15) is 12.6 Å². The molecule has 0 fully saturated rings. The molecule has 6 nitrogen and oxygen atoms in total. The van der Waals surface area contributed by atoms with Crippen LogP contribution < -0.4 is 4.72 Å². The number of sulfonamides is 1. The number of aromatic nitrogens is 1. The minimum atomic E-state index is -3.66. The normalized spacial score (nSPS) is 13.1. The molecule has 86 valence electrons. The Kier molecular flexibility index (Phi) is 3.95. The van der Waals surface area contributed by atoms with E-state index in [1.165, 1.54) is 19.1 Å². The minimum Gasteiger partial charge on any atom is -0.392 e. The molecule has 0 saturated carbocycles. The van der Waals surface area contributed by atoms with Crippen LogP contribution in [0.4, 0.5) is 0 Å². The first kappa shape index (κ1) is 12.6. The molecule has 1 heterocycles. The molecule has 1 aromatic rings. The monoisotopic (exact) mass is 241 g/mol. The number of hydrogen-bond acceptors (Lipinski definition) is 5. The Morgan fingerprint density at radius 2 is 2.31 bits per heavy atom. The van der Waals surface area contributed by atoms with Crippen molar-refractivity contribution in [2.75, 3.05) is 6.54 Å². The van der Waals surface area contributed by atoms with Gasteiger partial charge in [0.2, 0.25) is 10.0 Å². The number of nitrogens with one attached hydrogen (secondary N) is 1. The standard InChI is InChI=1S/C9H11N3O3S/c1-7(13)5-12-16(14,15)9-3-2-8(4-10)11-6-9/h2-3,6-7,12-13H,5H2,1H3/t7-/m1/s1. The summed E-state index contributed by atoms with van der Waals surface area (Å²) in [6.07, 6.45) is 0.337. The Labute approximate surface area is 93.6 Å². The molecule has 7 heteroatoms. The van der Waals surface area contributed by atoms with E-state index >= 15 is 0 Å². The third-order valence-electron chi connectivity index (χ3n) is 1.73. The molecule has 1 atom stereocenters. The maximum Gasteiger partial charge on any atom is 0.242 e. The Hall–Kier alpha value is -1.49. The van der Waals surface area contributed by atoms with Crippen LogP contribution in [-0.4, -0.2) is 31.2 Å². The summed E-state index contributed by atoms with van der Waals surface area (Å²) in [4.78, 5) is 3.61. The highest BCUT2D eigenvalue weighted by Crippen LogP contribution is 2.07. The summed E-state index contributed by atoms with van der Waals surface area (Å²) in [7, 11) is -3.66. The minimum absolute atomic E-state index is 0.0350. The SMILES string of the molecule is C[C@@H](O)CNS(=O)(=O)c1ccc(C#N)nc1. The van der Waals surface area contributed by atoms with Crippen LogP contribution in [0.2, 0.25) is 0 Å². The third-order valence-corrected chi connectivity index (χ3v) is 3.14. The zero-order chi connectivity index (χ0) is 12.2. The van der Waals surface area contributed by atoms with Crippen LogP contribution >= 0.6 is 0 Å². The lowest BCUT2D eigenvalue weighted by atomic mass is 10.4. The van der Waals surface area contributed by atoms with Crippen LogP contribution in [-0.2, 0) is 10.0 Å². The van der Waals surface area contributed by atoms with Gasteiger partial charge in [0, 0.05) is 12.7 Å². The summed E-state index contributed by atoms with van der Waals surface area (Å²) in [5.74, 6) is 0. The lowest BCUT2D eigenvalue weighted by molar-refractivity contribution is 0.198. The van der Waals surface area contributed by atoms with E-state index in [1.807, 2.05) is 0 Å². The second kappa shape index (κ2) is 5.03. The molecular weight excluding hydrogens is 230 g/mol. The summed E-state index contributed by atoms with van der Waals surface area (Å²) >= 11 is 0. The van der Waals surface area contributed by atoms with Crippen molar-refractivity contribution in [1.82, 2.24) is 9.71 Å². The lowest BCUT2D eigenvalue weighted by Crippen LogP contribution is -2.30. The summed E-state index contributed by atoms with van der Waals surface area (Å²) < 4.78 is 25.4. The highest BCUT2D eigenvalue weighted by molar-refractivity contribution is 7.89. The molecule has 16 heavy (non-hydrogen) atoms. The van der Waals surface area contributed by atoms with E-state index in [0.29, 0.717) is 0 Å². The fourth-order valence-electron chi connectivity index (χ4n) is 0.919. The molecule has 0 amide bonds. The van der Waals surface area contributed by atoms with Gasteiger partial charge < -0.3 is 5.11 Å². The first-order valence-corrected chi connectivity index (χ1v) is 5.98. The smallest absolute Gasteiger partial charge is 0.242 e. The molecule has 0 aliphatic carbocycles. The first-order valence-electron chi connectivity index (χ1n) is 4.49. The van der Waals surface area contributed by atoms with Gasteiger partial charge in [0.15, 0.2) is 0 Å². The molecule has 0 bridgehead atoms. The molecule has 1 aromatic heterocycles. The largest absolute Gasteiger partial charge is 0.392 e. The van der Waals surface area contributed by atoms with Crippen molar-refractivity contribution >= 4 is 10.0 Å². The molecule has 0 saturated heterocycles. The van der Waals surface area contributed by atoms with Gasteiger partial charge in [-0.1, -0.05) is 0 Å². The van der Waals surface area contributed by atoms with Gasteiger partial charge in [-0.05, 0) is 19.1 Å². The topological polar surface area (TPSA) is 103 Å². The molecule has 0 aliphatic heterocycles. The molecule has 2 N–H and O–H groups in total. The third kappa shape index (κ3) is 3.27. The number of aliphatic hydroxyl groups is 1. The van der Waals surface area contributed by atoms with Crippen molar-refractivity contribution in [2.24, 2.45) is 0 Å². The van der Waals surface area contributed by atoms with Crippen molar-refractivity contribution in [3.8, 4) is 6.07 Å². The number of nitriles is 1. The van der Waals surface area contributed by atoms with Crippen molar-refractivity contribution < 1.29 is 13.5 Å². The highest BCUT2D eigenvalue weighted by Gasteiger charge is 2.14. The van der Waals surface area contributed by atoms with Gasteiger partial charge in [-0.25, -0.2) is 18.1 Å². The van der Waals surface area contributed by atoms with Crippen LogP contribution in [0.25, 0.3) is 0 Å². The Morgan fingerprint density at radius 3 is 2.75 bits per heavy atom. The van der Waals surface area contributed by atoms with Crippen LogP contribution in [0.3, 0.4) is 0 Å².